The highest BCUT2D eigenvalue weighted by atomic mass is 16.7. The normalized spacial score (nSPS) is 21.2. The molecule has 3 nitrogen and oxygen atoms in total. The van der Waals surface area contributed by atoms with Crippen LogP contribution in [0.3, 0.4) is 0 Å². The molecule has 0 amide bonds. The molecule has 90 valence electrons. The molecular formula is C14H16O3. The molecule has 1 heterocycles. The van der Waals surface area contributed by atoms with Crippen molar-refractivity contribution in [1.82, 2.24) is 0 Å². The van der Waals surface area contributed by atoms with Gasteiger partial charge in [-0.05, 0) is 30.5 Å². The van der Waals surface area contributed by atoms with Gasteiger partial charge in [-0.2, -0.15) is 0 Å². The van der Waals surface area contributed by atoms with E-state index < -0.39 is 0 Å². The number of fused-ring (bicyclic) bond motifs is 1. The zero-order chi connectivity index (χ0) is 11.7. The molecule has 1 aromatic carbocycles. The summed E-state index contributed by atoms with van der Waals surface area (Å²) >= 11 is 0. The molecule has 17 heavy (non-hydrogen) atoms. The highest BCUT2D eigenvalue weighted by molar-refractivity contribution is 5.70. The van der Waals surface area contributed by atoms with E-state index in [0.717, 1.165) is 49.0 Å². The van der Waals surface area contributed by atoms with Crippen molar-refractivity contribution in [2.45, 2.75) is 37.5 Å². The van der Waals surface area contributed by atoms with Gasteiger partial charge in [0.05, 0.1) is 5.41 Å². The summed E-state index contributed by atoms with van der Waals surface area (Å²) < 4.78 is 10.7. The zero-order valence-electron chi connectivity index (χ0n) is 9.78. The molecule has 0 unspecified atom stereocenters. The van der Waals surface area contributed by atoms with Crippen LogP contribution in [0.15, 0.2) is 18.2 Å². The van der Waals surface area contributed by atoms with Gasteiger partial charge in [0.15, 0.2) is 11.5 Å². The molecule has 0 radical (unpaired) electrons. The molecule has 1 aliphatic heterocycles. The summed E-state index contributed by atoms with van der Waals surface area (Å²) in [5.41, 5.74) is 0.788. The van der Waals surface area contributed by atoms with Crippen LogP contribution in [0.2, 0.25) is 0 Å². The van der Waals surface area contributed by atoms with Crippen LogP contribution in [0, 0.1) is 0 Å². The van der Waals surface area contributed by atoms with Gasteiger partial charge in [-0.1, -0.05) is 25.3 Å². The Kier molecular flexibility index (Phi) is 2.54. The molecule has 0 spiro atoms. The molecule has 3 rings (SSSR count). The van der Waals surface area contributed by atoms with Crippen molar-refractivity contribution in [2.75, 3.05) is 6.79 Å². The summed E-state index contributed by atoms with van der Waals surface area (Å²) in [6, 6.07) is 5.90. The summed E-state index contributed by atoms with van der Waals surface area (Å²) in [5, 5.41) is 0. The van der Waals surface area contributed by atoms with Gasteiger partial charge < -0.3 is 14.3 Å². The molecule has 1 saturated carbocycles. The van der Waals surface area contributed by atoms with Crippen molar-refractivity contribution < 1.29 is 14.3 Å². The van der Waals surface area contributed by atoms with Crippen LogP contribution in [0.25, 0.3) is 0 Å². The minimum absolute atomic E-state index is 0.285. The van der Waals surface area contributed by atoms with Crippen molar-refractivity contribution in [3.63, 3.8) is 0 Å². The van der Waals surface area contributed by atoms with Gasteiger partial charge in [0, 0.05) is 0 Å². The second kappa shape index (κ2) is 4.06. The lowest BCUT2D eigenvalue weighted by Gasteiger charge is -2.32. The van der Waals surface area contributed by atoms with E-state index in [-0.39, 0.29) is 12.2 Å². The van der Waals surface area contributed by atoms with Gasteiger partial charge in [-0.15, -0.1) is 0 Å². The maximum atomic E-state index is 11.5. The SMILES string of the molecule is O=CC1(c2ccc3c(c2)OCO3)CCCCC1. The predicted molar refractivity (Wildman–Crippen MR) is 63.4 cm³/mol. The fourth-order valence-electron chi connectivity index (χ4n) is 2.86. The third-order valence-corrected chi connectivity index (χ3v) is 3.92. The molecule has 0 aromatic heterocycles. The average Bonchev–Trinajstić information content (AvgIpc) is 2.86. The molecule has 0 bridgehead atoms. The van der Waals surface area contributed by atoms with Crippen molar-refractivity contribution in [3.05, 3.63) is 23.8 Å². The minimum Gasteiger partial charge on any atom is -0.454 e. The van der Waals surface area contributed by atoms with Crippen LogP contribution >= 0.6 is 0 Å². The summed E-state index contributed by atoms with van der Waals surface area (Å²) in [7, 11) is 0. The van der Waals surface area contributed by atoms with Gasteiger partial charge >= 0.3 is 0 Å². The van der Waals surface area contributed by atoms with E-state index in [9.17, 15) is 4.79 Å². The Bertz CT molecular complexity index is 433. The molecule has 0 saturated heterocycles. The molecule has 2 aliphatic rings. The van der Waals surface area contributed by atoms with Crippen LogP contribution in [-0.2, 0) is 10.2 Å². The number of hydrogen-bond acceptors (Lipinski definition) is 3. The van der Waals surface area contributed by atoms with Crippen LogP contribution in [0.1, 0.15) is 37.7 Å². The van der Waals surface area contributed by atoms with Crippen LogP contribution in [0.4, 0.5) is 0 Å². The van der Waals surface area contributed by atoms with E-state index in [0.29, 0.717) is 0 Å². The number of benzene rings is 1. The van der Waals surface area contributed by atoms with Crippen molar-refractivity contribution in [3.8, 4) is 11.5 Å². The van der Waals surface area contributed by atoms with E-state index in [1.54, 1.807) is 0 Å². The summed E-state index contributed by atoms with van der Waals surface area (Å²) in [4.78, 5) is 11.5. The van der Waals surface area contributed by atoms with Crippen LogP contribution in [-0.4, -0.2) is 13.1 Å². The Morgan fingerprint density at radius 2 is 1.82 bits per heavy atom. The Hall–Kier alpha value is -1.51. The van der Waals surface area contributed by atoms with Crippen LogP contribution in [0.5, 0.6) is 11.5 Å². The number of rotatable bonds is 2. The van der Waals surface area contributed by atoms with Crippen molar-refractivity contribution in [2.24, 2.45) is 0 Å². The van der Waals surface area contributed by atoms with Gasteiger partial charge in [-0.25, -0.2) is 0 Å². The molecule has 1 aromatic rings. The van der Waals surface area contributed by atoms with E-state index >= 15 is 0 Å². The lowest BCUT2D eigenvalue weighted by atomic mass is 9.70. The topological polar surface area (TPSA) is 35.5 Å². The monoisotopic (exact) mass is 232 g/mol. The van der Waals surface area contributed by atoms with E-state index in [1.807, 2.05) is 18.2 Å². The van der Waals surface area contributed by atoms with Gasteiger partial charge in [0.25, 0.3) is 0 Å². The first-order chi connectivity index (χ1) is 8.34. The second-order valence-electron chi connectivity index (χ2n) is 4.90. The average molecular weight is 232 g/mol. The molecule has 1 aliphatic carbocycles. The fraction of sp³-hybridized carbons (Fsp3) is 0.500. The van der Waals surface area contributed by atoms with E-state index in [2.05, 4.69) is 0 Å². The number of hydrogen-bond donors (Lipinski definition) is 0. The number of aldehydes is 1. The molecule has 1 fully saturated rings. The highest BCUT2D eigenvalue weighted by Crippen LogP contribution is 2.42. The summed E-state index contributed by atoms with van der Waals surface area (Å²) in [5.74, 6) is 1.56. The smallest absolute Gasteiger partial charge is 0.231 e. The largest absolute Gasteiger partial charge is 0.454 e. The van der Waals surface area contributed by atoms with Crippen LogP contribution < -0.4 is 9.47 Å². The third-order valence-electron chi connectivity index (χ3n) is 3.92. The number of carbonyl (C=O) groups excluding carboxylic acids is 1. The first kappa shape index (κ1) is 10.6. The molecule has 0 N–H and O–H groups in total. The Morgan fingerprint density at radius 1 is 1.06 bits per heavy atom. The maximum Gasteiger partial charge on any atom is 0.231 e. The zero-order valence-corrected chi connectivity index (χ0v) is 9.78. The lowest BCUT2D eigenvalue weighted by Crippen LogP contribution is -2.30. The third kappa shape index (κ3) is 1.70. The maximum absolute atomic E-state index is 11.5. The minimum atomic E-state index is -0.292. The highest BCUT2D eigenvalue weighted by Gasteiger charge is 2.34. The van der Waals surface area contributed by atoms with Gasteiger partial charge in [-0.3, -0.25) is 0 Å². The quantitative estimate of drug-likeness (QED) is 0.735. The predicted octanol–water partition coefficient (Wildman–Crippen LogP) is 2.82. The summed E-state index contributed by atoms with van der Waals surface area (Å²) in [6.07, 6.45) is 6.54. The van der Waals surface area contributed by atoms with Crippen molar-refractivity contribution >= 4 is 6.29 Å². The molecule has 3 heteroatoms. The fourth-order valence-corrected chi connectivity index (χ4v) is 2.86. The first-order valence-electron chi connectivity index (χ1n) is 6.21. The standard InChI is InChI=1S/C14H16O3/c15-9-14(6-2-1-3-7-14)11-4-5-12-13(8-11)17-10-16-12/h4-5,8-9H,1-3,6-7,10H2. The lowest BCUT2D eigenvalue weighted by molar-refractivity contribution is -0.113. The Balaban J connectivity index is 1.98. The molecular weight excluding hydrogens is 216 g/mol. The first-order valence-corrected chi connectivity index (χ1v) is 6.21. The Morgan fingerprint density at radius 3 is 2.59 bits per heavy atom. The Labute approximate surface area is 101 Å². The van der Waals surface area contributed by atoms with Crippen molar-refractivity contribution in [1.29, 1.82) is 0 Å². The van der Waals surface area contributed by atoms with Gasteiger partial charge in [0.1, 0.15) is 6.29 Å². The van der Waals surface area contributed by atoms with E-state index in [1.165, 1.54) is 6.42 Å². The van der Waals surface area contributed by atoms with E-state index in [4.69, 9.17) is 9.47 Å². The summed E-state index contributed by atoms with van der Waals surface area (Å²) in [6.45, 7) is 0.285. The molecule has 0 atom stereocenters. The number of ether oxygens (including phenoxy) is 2. The van der Waals surface area contributed by atoms with Gasteiger partial charge in [0.2, 0.25) is 6.79 Å². The number of carbonyl (C=O) groups is 1. The second-order valence-corrected chi connectivity index (χ2v) is 4.90.